The number of hydrogen-bond acceptors (Lipinski definition) is 6. The lowest BCUT2D eigenvalue weighted by molar-refractivity contribution is -0.141. The number of likely N-dealkylation sites (tertiary alicyclic amines) is 1. The fraction of sp³-hybridized carbons (Fsp3) is 0.645. The minimum atomic E-state index is -1.16. The van der Waals surface area contributed by atoms with Crippen molar-refractivity contribution in [3.05, 3.63) is 41.4 Å². The van der Waals surface area contributed by atoms with E-state index in [1.807, 2.05) is 12.2 Å². The first-order valence-electron chi connectivity index (χ1n) is 15.1. The predicted octanol–water partition coefficient (Wildman–Crippen LogP) is 3.09. The van der Waals surface area contributed by atoms with Crippen LogP contribution in [0, 0.1) is 23.7 Å². The van der Waals surface area contributed by atoms with Crippen LogP contribution in [0.2, 0.25) is 5.02 Å². The number of carbonyl (C=O) groups is 3. The largest absolute Gasteiger partial charge is 0.379 e. The smallest absolute Gasteiger partial charge is 0.246 e. The Kier molecular flexibility index (Phi) is 8.15. The fourth-order valence-corrected chi connectivity index (χ4v) is 7.83. The van der Waals surface area contributed by atoms with Crippen molar-refractivity contribution in [1.29, 1.82) is 0 Å². The summed E-state index contributed by atoms with van der Waals surface area (Å²) in [6.45, 7) is 8.82. The van der Waals surface area contributed by atoms with Crippen molar-refractivity contribution in [2.24, 2.45) is 23.7 Å². The highest BCUT2D eigenvalue weighted by atomic mass is 35.5. The van der Waals surface area contributed by atoms with Crippen LogP contribution in [0.3, 0.4) is 0 Å². The van der Waals surface area contributed by atoms with E-state index in [-0.39, 0.29) is 23.8 Å². The maximum atomic E-state index is 14.2. The van der Waals surface area contributed by atoms with Gasteiger partial charge in [-0.25, -0.2) is 0 Å². The van der Waals surface area contributed by atoms with Crippen LogP contribution in [0.15, 0.2) is 36.4 Å². The minimum Gasteiger partial charge on any atom is -0.379 e. The first-order chi connectivity index (χ1) is 19.8. The van der Waals surface area contributed by atoms with Crippen molar-refractivity contribution in [2.45, 2.75) is 63.3 Å². The van der Waals surface area contributed by atoms with Gasteiger partial charge in [-0.3, -0.25) is 19.3 Å². The van der Waals surface area contributed by atoms with Crippen LogP contribution in [0.25, 0.3) is 0 Å². The second kappa shape index (κ2) is 11.7. The summed E-state index contributed by atoms with van der Waals surface area (Å²) in [6.07, 6.45) is 7.05. The molecule has 3 amide bonds. The summed E-state index contributed by atoms with van der Waals surface area (Å²) < 4.78 is 12.0. The number of nitrogens with zero attached hydrogens (tertiary/aromatic N) is 2. The van der Waals surface area contributed by atoms with Crippen molar-refractivity contribution >= 4 is 35.0 Å². The van der Waals surface area contributed by atoms with Gasteiger partial charge in [-0.05, 0) is 42.9 Å². The zero-order valence-electron chi connectivity index (χ0n) is 23.9. The van der Waals surface area contributed by atoms with Crippen LogP contribution in [-0.4, -0.2) is 90.7 Å². The first-order valence-corrected chi connectivity index (χ1v) is 15.5. The lowest BCUT2D eigenvalue weighted by Gasteiger charge is -2.38. The molecule has 10 heteroatoms. The lowest BCUT2D eigenvalue weighted by atomic mass is 9.73. The number of rotatable bonds is 8. The highest BCUT2D eigenvalue weighted by Gasteiger charge is 2.72. The molecule has 1 aromatic rings. The Labute approximate surface area is 246 Å². The Balaban J connectivity index is 1.25. The number of hydrogen-bond donors (Lipinski definition) is 2. The molecule has 0 radical (unpaired) electrons. The van der Waals surface area contributed by atoms with E-state index in [1.165, 1.54) is 0 Å². The highest BCUT2D eigenvalue weighted by Crippen LogP contribution is 2.55. The van der Waals surface area contributed by atoms with Crippen molar-refractivity contribution in [3.8, 4) is 0 Å². The average molecular weight is 585 g/mol. The first kappa shape index (κ1) is 28.6. The van der Waals surface area contributed by atoms with E-state index in [0.717, 1.165) is 45.3 Å². The number of carbonyl (C=O) groups excluding carboxylic acids is 3. The summed E-state index contributed by atoms with van der Waals surface area (Å²) in [5.41, 5.74) is -0.601. The van der Waals surface area contributed by atoms with Crippen molar-refractivity contribution in [3.63, 3.8) is 0 Å². The van der Waals surface area contributed by atoms with Gasteiger partial charge in [0, 0.05) is 42.9 Å². The number of fused-ring (bicyclic) bond motifs is 1. The van der Waals surface area contributed by atoms with Crippen LogP contribution in [0.1, 0.15) is 39.5 Å². The summed E-state index contributed by atoms with van der Waals surface area (Å²) in [5.74, 6) is -1.30. The van der Waals surface area contributed by atoms with Gasteiger partial charge < -0.3 is 25.0 Å². The third kappa shape index (κ3) is 5.31. The van der Waals surface area contributed by atoms with Gasteiger partial charge in [0.05, 0.1) is 31.2 Å². The SMILES string of the molecule is C[C@H]1[C@H](C)CCC[C@@H]1NC(=O)[C@@H]1N(CCCN2CCOCC2)C(=O)[C@@H]2[C@H](C(=O)Nc3cccc(Cl)c3)[C@@H]3C=C[C@]21O3. The Morgan fingerprint density at radius 1 is 1.12 bits per heavy atom. The van der Waals surface area contributed by atoms with Gasteiger partial charge >= 0.3 is 0 Å². The molecule has 1 saturated carbocycles. The van der Waals surface area contributed by atoms with Gasteiger partial charge in [-0.1, -0.05) is 56.5 Å². The molecule has 1 aromatic carbocycles. The predicted molar refractivity (Wildman–Crippen MR) is 155 cm³/mol. The minimum absolute atomic E-state index is 0.0523. The molecule has 1 aliphatic carbocycles. The van der Waals surface area contributed by atoms with Crippen LogP contribution in [0.5, 0.6) is 0 Å². The summed E-state index contributed by atoms with van der Waals surface area (Å²) >= 11 is 6.14. The third-order valence-electron chi connectivity index (χ3n) is 10.0. The molecular formula is C31H41ClN4O5. The fourth-order valence-electron chi connectivity index (χ4n) is 7.64. The topological polar surface area (TPSA) is 100 Å². The number of ether oxygens (including phenoxy) is 2. The van der Waals surface area contributed by atoms with Crippen LogP contribution in [-0.2, 0) is 23.9 Å². The molecule has 0 aromatic heterocycles. The standard InChI is InChI=1S/C31H41ClN4O5/c1-19-6-3-9-23(20(19)2)34-29(38)27-31-11-10-24(41-31)25(28(37)33-22-8-4-7-21(32)18-22)26(31)30(39)36(27)13-5-12-35-14-16-40-17-15-35/h4,7-8,10-11,18-20,23-27H,3,5-6,9,12-17H2,1-2H3,(H,33,37)(H,34,38)/t19-,20+,23+,24+,25-,26+,27+,31+/m1/s1. The van der Waals surface area contributed by atoms with Crippen LogP contribution in [0.4, 0.5) is 5.69 Å². The third-order valence-corrected chi connectivity index (χ3v) is 10.3. The summed E-state index contributed by atoms with van der Waals surface area (Å²) in [7, 11) is 0. The zero-order chi connectivity index (χ0) is 28.7. The van der Waals surface area contributed by atoms with E-state index in [2.05, 4.69) is 29.4 Å². The molecule has 4 heterocycles. The Bertz CT molecular complexity index is 1200. The number of morpholine rings is 1. The second-order valence-electron chi connectivity index (χ2n) is 12.4. The monoisotopic (exact) mass is 584 g/mol. The average Bonchev–Trinajstić information content (AvgIpc) is 3.59. The molecule has 41 heavy (non-hydrogen) atoms. The van der Waals surface area contributed by atoms with Crippen LogP contribution >= 0.6 is 11.6 Å². The number of nitrogens with one attached hydrogen (secondary N) is 2. The van der Waals surface area contributed by atoms with Crippen molar-refractivity contribution < 1.29 is 23.9 Å². The highest BCUT2D eigenvalue weighted by molar-refractivity contribution is 6.30. The molecule has 4 fully saturated rings. The summed E-state index contributed by atoms with van der Waals surface area (Å²) in [4.78, 5) is 46.0. The Morgan fingerprint density at radius 2 is 1.93 bits per heavy atom. The molecule has 2 bridgehead atoms. The number of halogens is 1. The van der Waals surface area contributed by atoms with Crippen LogP contribution < -0.4 is 10.6 Å². The molecule has 3 saturated heterocycles. The Hall–Kier alpha value is -2.46. The molecule has 9 nitrogen and oxygen atoms in total. The maximum Gasteiger partial charge on any atom is 0.246 e. The molecule has 5 aliphatic rings. The van der Waals surface area contributed by atoms with Crippen molar-refractivity contribution in [2.75, 3.05) is 44.7 Å². The zero-order valence-corrected chi connectivity index (χ0v) is 24.6. The van der Waals surface area contributed by atoms with Gasteiger partial charge in [0.1, 0.15) is 11.6 Å². The van der Waals surface area contributed by atoms with Gasteiger partial charge in [0.25, 0.3) is 0 Å². The van der Waals surface area contributed by atoms with Gasteiger partial charge in [-0.2, -0.15) is 0 Å². The van der Waals surface area contributed by atoms with Gasteiger partial charge in [0.15, 0.2) is 0 Å². The quantitative estimate of drug-likeness (QED) is 0.456. The molecule has 8 atom stereocenters. The summed E-state index contributed by atoms with van der Waals surface area (Å²) in [6, 6.07) is 6.18. The Morgan fingerprint density at radius 3 is 2.71 bits per heavy atom. The maximum absolute atomic E-state index is 14.2. The second-order valence-corrected chi connectivity index (χ2v) is 12.9. The number of amides is 3. The molecule has 6 rings (SSSR count). The van der Waals surface area contributed by atoms with E-state index in [0.29, 0.717) is 42.3 Å². The molecule has 222 valence electrons. The van der Waals surface area contributed by atoms with E-state index >= 15 is 0 Å². The molecule has 1 spiro atoms. The van der Waals surface area contributed by atoms with E-state index < -0.39 is 29.6 Å². The van der Waals surface area contributed by atoms with Gasteiger partial charge in [-0.15, -0.1) is 0 Å². The van der Waals surface area contributed by atoms with Crippen molar-refractivity contribution in [1.82, 2.24) is 15.1 Å². The van der Waals surface area contributed by atoms with E-state index in [4.69, 9.17) is 21.1 Å². The molecular weight excluding hydrogens is 544 g/mol. The van der Waals surface area contributed by atoms with E-state index in [1.54, 1.807) is 29.2 Å². The number of anilines is 1. The summed E-state index contributed by atoms with van der Waals surface area (Å²) in [5, 5.41) is 6.77. The lowest BCUT2D eigenvalue weighted by Crippen LogP contribution is -2.58. The van der Waals surface area contributed by atoms with Gasteiger partial charge in [0.2, 0.25) is 17.7 Å². The molecule has 2 N–H and O–H groups in total. The number of benzene rings is 1. The molecule has 4 aliphatic heterocycles. The van der Waals surface area contributed by atoms with E-state index in [9.17, 15) is 14.4 Å². The normalized spacial score (nSPS) is 36.4. The molecule has 0 unspecified atom stereocenters.